The third-order valence-electron chi connectivity index (χ3n) is 1.53. The largest absolute Gasteiger partial charge is 0.291 e. The summed E-state index contributed by atoms with van der Waals surface area (Å²) in [5, 5.41) is -0.501. The summed E-state index contributed by atoms with van der Waals surface area (Å²) in [6.07, 6.45) is 1.61. The van der Waals surface area contributed by atoms with Crippen molar-refractivity contribution in [3.8, 4) is 0 Å². The topological polar surface area (TPSA) is 30.0 Å². The molecule has 64 valence electrons. The molecule has 1 rings (SSSR count). The molecule has 0 amide bonds. The first-order valence-corrected chi connectivity index (χ1v) is 4.16. The van der Waals surface area contributed by atoms with Crippen LogP contribution in [0.2, 0.25) is 0 Å². The minimum Gasteiger partial charge on any atom is -0.291 e. The van der Waals surface area contributed by atoms with E-state index >= 15 is 0 Å². The van der Waals surface area contributed by atoms with E-state index in [4.69, 9.17) is 11.6 Å². The van der Waals surface area contributed by atoms with Crippen LogP contribution in [0.3, 0.4) is 0 Å². The fourth-order valence-electron chi connectivity index (χ4n) is 0.875. The van der Waals surface area contributed by atoms with Crippen LogP contribution in [0.15, 0.2) is 18.3 Å². The zero-order valence-electron chi connectivity index (χ0n) is 7.04. The van der Waals surface area contributed by atoms with Crippen LogP contribution in [0.1, 0.15) is 23.0 Å². The molecular formula is C9H10ClNO. The Kier molecular flexibility index (Phi) is 2.82. The van der Waals surface area contributed by atoms with Crippen molar-refractivity contribution < 1.29 is 4.79 Å². The highest BCUT2D eigenvalue weighted by molar-refractivity contribution is 6.33. The van der Waals surface area contributed by atoms with Crippen LogP contribution < -0.4 is 0 Å². The second-order valence-corrected chi connectivity index (χ2v) is 3.35. The third kappa shape index (κ3) is 2.05. The summed E-state index contributed by atoms with van der Waals surface area (Å²) in [7, 11) is 0. The smallest absolute Gasteiger partial charge is 0.198 e. The van der Waals surface area contributed by atoms with Gasteiger partial charge in [0.25, 0.3) is 0 Å². The van der Waals surface area contributed by atoms with Crippen molar-refractivity contribution in [1.82, 2.24) is 4.98 Å². The van der Waals surface area contributed by atoms with E-state index in [-0.39, 0.29) is 5.78 Å². The number of halogens is 1. The van der Waals surface area contributed by atoms with Crippen LogP contribution in [0.5, 0.6) is 0 Å². The summed E-state index contributed by atoms with van der Waals surface area (Å²) in [6.45, 7) is 3.56. The van der Waals surface area contributed by atoms with Crippen LogP contribution in [-0.2, 0) is 0 Å². The molecule has 1 aromatic heterocycles. The Morgan fingerprint density at radius 3 is 2.83 bits per heavy atom. The van der Waals surface area contributed by atoms with Gasteiger partial charge in [-0.25, -0.2) is 0 Å². The van der Waals surface area contributed by atoms with Gasteiger partial charge in [-0.1, -0.05) is 0 Å². The highest BCUT2D eigenvalue weighted by Gasteiger charge is 2.12. The molecule has 0 spiro atoms. The lowest BCUT2D eigenvalue weighted by Crippen LogP contribution is -2.12. The maximum atomic E-state index is 11.3. The van der Waals surface area contributed by atoms with Gasteiger partial charge in [0.1, 0.15) is 5.69 Å². The number of carbonyl (C=O) groups excluding carboxylic acids is 1. The van der Waals surface area contributed by atoms with Crippen molar-refractivity contribution in [3.05, 3.63) is 29.6 Å². The molecule has 0 radical (unpaired) electrons. The third-order valence-corrected chi connectivity index (χ3v) is 1.73. The first-order chi connectivity index (χ1) is 5.61. The molecule has 12 heavy (non-hydrogen) atoms. The molecule has 0 saturated heterocycles. The van der Waals surface area contributed by atoms with Crippen LogP contribution in [0, 0.1) is 6.92 Å². The van der Waals surface area contributed by atoms with Crippen molar-refractivity contribution in [2.45, 2.75) is 19.2 Å². The predicted octanol–water partition coefficient (Wildman–Crippen LogP) is 2.20. The fourth-order valence-corrected chi connectivity index (χ4v) is 0.986. The number of alkyl halides is 1. The maximum absolute atomic E-state index is 11.3. The van der Waals surface area contributed by atoms with Gasteiger partial charge in [0.2, 0.25) is 0 Å². The van der Waals surface area contributed by atoms with Crippen LogP contribution in [0.4, 0.5) is 0 Å². The molecule has 0 aliphatic carbocycles. The van der Waals surface area contributed by atoms with Gasteiger partial charge in [0, 0.05) is 6.20 Å². The molecule has 1 aromatic rings. The lowest BCUT2D eigenvalue weighted by molar-refractivity contribution is 0.0987. The Balaban J connectivity index is 2.96. The number of rotatable bonds is 2. The van der Waals surface area contributed by atoms with Crippen molar-refractivity contribution >= 4 is 17.4 Å². The van der Waals surface area contributed by atoms with E-state index in [2.05, 4.69) is 4.98 Å². The second-order valence-electron chi connectivity index (χ2n) is 2.70. The number of nitrogens with zero attached hydrogens (tertiary/aromatic N) is 1. The van der Waals surface area contributed by atoms with Crippen molar-refractivity contribution in [2.75, 3.05) is 0 Å². The van der Waals surface area contributed by atoms with Gasteiger partial charge < -0.3 is 0 Å². The SMILES string of the molecule is Cc1ccnc(C(=O)[C@@H](C)Cl)c1. The predicted molar refractivity (Wildman–Crippen MR) is 48.6 cm³/mol. The van der Waals surface area contributed by atoms with E-state index in [1.807, 2.05) is 13.0 Å². The van der Waals surface area contributed by atoms with E-state index in [9.17, 15) is 4.79 Å². The van der Waals surface area contributed by atoms with E-state index < -0.39 is 5.38 Å². The van der Waals surface area contributed by atoms with Gasteiger partial charge in [0.15, 0.2) is 5.78 Å². The van der Waals surface area contributed by atoms with Crippen LogP contribution in [0.25, 0.3) is 0 Å². The molecule has 0 N–H and O–H groups in total. The van der Waals surface area contributed by atoms with E-state index in [0.29, 0.717) is 5.69 Å². The van der Waals surface area contributed by atoms with Gasteiger partial charge >= 0.3 is 0 Å². The number of aromatic nitrogens is 1. The number of aryl methyl sites for hydroxylation is 1. The Labute approximate surface area is 76.6 Å². The molecule has 0 aliphatic heterocycles. The average molecular weight is 184 g/mol. The highest BCUT2D eigenvalue weighted by Crippen LogP contribution is 2.06. The van der Waals surface area contributed by atoms with Gasteiger partial charge in [-0.2, -0.15) is 0 Å². The van der Waals surface area contributed by atoms with E-state index in [0.717, 1.165) is 5.56 Å². The molecular weight excluding hydrogens is 174 g/mol. The second kappa shape index (κ2) is 3.68. The van der Waals surface area contributed by atoms with Crippen molar-refractivity contribution in [1.29, 1.82) is 0 Å². The summed E-state index contributed by atoms with van der Waals surface area (Å²) in [6, 6.07) is 3.58. The van der Waals surface area contributed by atoms with Crippen molar-refractivity contribution in [2.24, 2.45) is 0 Å². The molecule has 0 aliphatic rings. The average Bonchev–Trinajstić information content (AvgIpc) is 2.03. The first kappa shape index (κ1) is 9.20. The number of ketones is 1. The molecule has 0 unspecified atom stereocenters. The summed E-state index contributed by atoms with van der Waals surface area (Å²) in [4.78, 5) is 15.2. The number of hydrogen-bond donors (Lipinski definition) is 0. The summed E-state index contributed by atoms with van der Waals surface area (Å²) in [5.74, 6) is -0.125. The molecule has 0 bridgehead atoms. The maximum Gasteiger partial charge on any atom is 0.198 e. The Morgan fingerprint density at radius 2 is 2.33 bits per heavy atom. The Hall–Kier alpha value is -0.890. The fraction of sp³-hybridized carbons (Fsp3) is 0.333. The highest BCUT2D eigenvalue weighted by atomic mass is 35.5. The van der Waals surface area contributed by atoms with Crippen molar-refractivity contribution in [3.63, 3.8) is 0 Å². The summed E-state index contributed by atoms with van der Waals surface area (Å²) >= 11 is 5.63. The number of Topliss-reactive ketones (excluding diaryl/α,β-unsaturated/α-hetero) is 1. The minimum atomic E-state index is -0.501. The molecule has 0 aromatic carbocycles. The van der Waals surface area contributed by atoms with Gasteiger partial charge in [-0.15, -0.1) is 11.6 Å². The van der Waals surface area contributed by atoms with Crippen LogP contribution in [-0.4, -0.2) is 16.1 Å². The molecule has 3 heteroatoms. The lowest BCUT2D eigenvalue weighted by Gasteiger charge is -2.01. The zero-order chi connectivity index (χ0) is 9.14. The Morgan fingerprint density at radius 1 is 1.67 bits per heavy atom. The van der Waals surface area contributed by atoms with Gasteiger partial charge in [-0.05, 0) is 31.5 Å². The minimum absolute atomic E-state index is 0.125. The van der Waals surface area contributed by atoms with Gasteiger partial charge in [-0.3, -0.25) is 9.78 Å². The number of hydrogen-bond acceptors (Lipinski definition) is 2. The molecule has 1 atom stereocenters. The number of pyridine rings is 1. The zero-order valence-corrected chi connectivity index (χ0v) is 7.80. The monoisotopic (exact) mass is 183 g/mol. The molecule has 0 saturated carbocycles. The van der Waals surface area contributed by atoms with Crippen LogP contribution >= 0.6 is 11.6 Å². The summed E-state index contributed by atoms with van der Waals surface area (Å²) < 4.78 is 0. The molecule has 0 fully saturated rings. The quantitative estimate of drug-likeness (QED) is 0.520. The standard InChI is InChI=1S/C9H10ClNO/c1-6-3-4-11-8(5-6)9(12)7(2)10/h3-5,7H,1-2H3/t7-/m1/s1. The molecule has 2 nitrogen and oxygen atoms in total. The summed E-state index contributed by atoms with van der Waals surface area (Å²) in [5.41, 5.74) is 1.46. The Bertz CT molecular complexity index is 296. The first-order valence-electron chi connectivity index (χ1n) is 3.72. The lowest BCUT2D eigenvalue weighted by atomic mass is 10.1. The molecule has 1 heterocycles. The normalized spacial score (nSPS) is 12.6. The van der Waals surface area contributed by atoms with E-state index in [1.54, 1.807) is 19.2 Å². The number of carbonyl (C=O) groups is 1. The van der Waals surface area contributed by atoms with E-state index in [1.165, 1.54) is 0 Å². The van der Waals surface area contributed by atoms with Gasteiger partial charge in [0.05, 0.1) is 5.38 Å².